The van der Waals surface area contributed by atoms with E-state index < -0.39 is 0 Å². The molecule has 3 aromatic rings. The fourth-order valence-electron chi connectivity index (χ4n) is 3.91. The predicted molar refractivity (Wildman–Crippen MR) is 121 cm³/mol. The molecule has 0 saturated carbocycles. The first-order valence-corrected chi connectivity index (χ1v) is 10.5. The average Bonchev–Trinajstić information content (AvgIpc) is 2.99. The summed E-state index contributed by atoms with van der Waals surface area (Å²) >= 11 is 0. The third-order valence-corrected chi connectivity index (χ3v) is 4.89. The summed E-state index contributed by atoms with van der Waals surface area (Å²) in [4.78, 5) is 16.7. The summed E-state index contributed by atoms with van der Waals surface area (Å²) < 4.78 is 2.27. The molecule has 0 aliphatic carbocycles. The molecule has 0 atom stereocenters. The Morgan fingerprint density at radius 3 is 2.45 bits per heavy atom. The summed E-state index contributed by atoms with van der Waals surface area (Å²) in [5.74, 6) is 2.55. The quantitative estimate of drug-likeness (QED) is 0.538. The van der Waals surface area contributed by atoms with Gasteiger partial charge in [-0.1, -0.05) is 57.5 Å². The van der Waals surface area contributed by atoms with Gasteiger partial charge in [0, 0.05) is 25.2 Å². The first-order chi connectivity index (χ1) is 13.8. The molecule has 29 heavy (non-hydrogen) atoms. The summed E-state index contributed by atoms with van der Waals surface area (Å²) in [5.41, 5.74) is 2.92. The average molecular weight is 395 g/mol. The van der Waals surface area contributed by atoms with Crippen molar-refractivity contribution in [2.45, 2.75) is 47.1 Å². The zero-order chi connectivity index (χ0) is 21.0. The molecule has 0 bridgehead atoms. The monoisotopic (exact) mass is 394 g/mol. The van der Waals surface area contributed by atoms with E-state index in [1.165, 1.54) is 0 Å². The van der Waals surface area contributed by atoms with E-state index in [-0.39, 0.29) is 5.41 Å². The van der Waals surface area contributed by atoms with Crippen LogP contribution in [-0.2, 0) is 6.54 Å². The summed E-state index contributed by atoms with van der Waals surface area (Å²) in [6, 6.07) is 10.4. The van der Waals surface area contributed by atoms with Crippen LogP contribution in [0.2, 0.25) is 0 Å². The lowest BCUT2D eigenvalue weighted by Crippen LogP contribution is -2.32. The molecule has 6 nitrogen and oxygen atoms in total. The van der Waals surface area contributed by atoms with Gasteiger partial charge in [-0.15, -0.1) is 0 Å². The maximum atomic E-state index is 5.03. The SMILES string of the molecule is CCCCNc1nc(C)nc2c1nc(-c1ccccc1)n2CC(C)(C)CN(C)C. The summed E-state index contributed by atoms with van der Waals surface area (Å²) in [5, 5.41) is 3.48. The van der Waals surface area contributed by atoms with Gasteiger partial charge in [-0.25, -0.2) is 15.0 Å². The Morgan fingerprint density at radius 2 is 1.79 bits per heavy atom. The first-order valence-electron chi connectivity index (χ1n) is 10.5. The van der Waals surface area contributed by atoms with E-state index in [4.69, 9.17) is 9.97 Å². The minimum atomic E-state index is 0.0648. The minimum Gasteiger partial charge on any atom is -0.368 e. The number of rotatable bonds is 9. The maximum Gasteiger partial charge on any atom is 0.166 e. The molecule has 2 aromatic heterocycles. The van der Waals surface area contributed by atoms with Crippen LogP contribution in [0.4, 0.5) is 5.82 Å². The van der Waals surface area contributed by atoms with E-state index in [1.807, 2.05) is 13.0 Å². The lowest BCUT2D eigenvalue weighted by Gasteiger charge is -2.29. The number of aromatic nitrogens is 4. The molecule has 0 amide bonds. The lowest BCUT2D eigenvalue weighted by atomic mass is 9.92. The largest absolute Gasteiger partial charge is 0.368 e. The summed E-state index contributed by atoms with van der Waals surface area (Å²) in [7, 11) is 4.24. The van der Waals surface area contributed by atoms with Gasteiger partial charge < -0.3 is 14.8 Å². The van der Waals surface area contributed by atoms with Gasteiger partial charge in [-0.2, -0.15) is 0 Å². The second-order valence-corrected chi connectivity index (χ2v) is 8.86. The van der Waals surface area contributed by atoms with Crippen molar-refractivity contribution in [2.75, 3.05) is 32.5 Å². The lowest BCUT2D eigenvalue weighted by molar-refractivity contribution is 0.213. The molecule has 1 aromatic carbocycles. The van der Waals surface area contributed by atoms with Gasteiger partial charge in [-0.3, -0.25) is 0 Å². The third-order valence-electron chi connectivity index (χ3n) is 4.89. The van der Waals surface area contributed by atoms with E-state index in [9.17, 15) is 0 Å². The highest BCUT2D eigenvalue weighted by Gasteiger charge is 2.25. The molecular formula is C23H34N6. The van der Waals surface area contributed by atoms with Crippen LogP contribution in [0.1, 0.15) is 39.4 Å². The minimum absolute atomic E-state index is 0.0648. The third kappa shape index (κ3) is 5.12. The van der Waals surface area contributed by atoms with Crippen LogP contribution >= 0.6 is 0 Å². The Labute approximate surface area is 174 Å². The van der Waals surface area contributed by atoms with E-state index >= 15 is 0 Å². The number of aryl methyl sites for hydroxylation is 1. The van der Waals surface area contributed by atoms with E-state index in [0.717, 1.165) is 66.7 Å². The zero-order valence-corrected chi connectivity index (χ0v) is 18.7. The number of nitrogens with zero attached hydrogens (tertiary/aromatic N) is 5. The Morgan fingerprint density at radius 1 is 1.07 bits per heavy atom. The number of hydrogen-bond acceptors (Lipinski definition) is 5. The molecule has 2 heterocycles. The van der Waals surface area contributed by atoms with Crippen molar-refractivity contribution in [3.8, 4) is 11.4 Å². The molecule has 156 valence electrons. The van der Waals surface area contributed by atoms with E-state index in [0.29, 0.717) is 0 Å². The second-order valence-electron chi connectivity index (χ2n) is 8.86. The van der Waals surface area contributed by atoms with Crippen LogP contribution in [0.25, 0.3) is 22.6 Å². The van der Waals surface area contributed by atoms with Gasteiger partial charge in [-0.05, 0) is 32.9 Å². The number of fused-ring (bicyclic) bond motifs is 1. The Kier molecular flexibility index (Phi) is 6.52. The molecular weight excluding hydrogens is 360 g/mol. The molecule has 0 radical (unpaired) electrons. The van der Waals surface area contributed by atoms with Crippen molar-refractivity contribution in [3.63, 3.8) is 0 Å². The number of hydrogen-bond donors (Lipinski definition) is 1. The van der Waals surface area contributed by atoms with Crippen LogP contribution in [-0.4, -0.2) is 51.6 Å². The van der Waals surface area contributed by atoms with Gasteiger partial charge in [0.2, 0.25) is 0 Å². The molecule has 0 fully saturated rings. The number of anilines is 1. The molecule has 6 heteroatoms. The van der Waals surface area contributed by atoms with Crippen molar-refractivity contribution >= 4 is 17.0 Å². The number of nitrogens with one attached hydrogen (secondary N) is 1. The molecule has 0 unspecified atom stereocenters. The highest BCUT2D eigenvalue weighted by molar-refractivity contribution is 5.86. The van der Waals surface area contributed by atoms with Gasteiger partial charge in [0.15, 0.2) is 17.0 Å². The molecule has 0 aliphatic heterocycles. The number of imidazole rings is 1. The molecule has 0 saturated heterocycles. The predicted octanol–water partition coefficient (Wildman–Crippen LogP) is 4.60. The van der Waals surface area contributed by atoms with Crippen LogP contribution in [0, 0.1) is 12.3 Å². The van der Waals surface area contributed by atoms with Crippen LogP contribution in [0.3, 0.4) is 0 Å². The fourth-order valence-corrected chi connectivity index (χ4v) is 3.91. The van der Waals surface area contributed by atoms with Crippen LogP contribution in [0.5, 0.6) is 0 Å². The molecule has 3 rings (SSSR count). The fraction of sp³-hybridized carbons (Fsp3) is 0.522. The van der Waals surface area contributed by atoms with Crippen molar-refractivity contribution in [1.29, 1.82) is 0 Å². The molecule has 1 N–H and O–H groups in total. The van der Waals surface area contributed by atoms with E-state index in [1.54, 1.807) is 0 Å². The van der Waals surface area contributed by atoms with Crippen LogP contribution < -0.4 is 5.32 Å². The summed E-state index contributed by atoms with van der Waals surface area (Å²) in [6.45, 7) is 11.4. The highest BCUT2D eigenvalue weighted by atomic mass is 15.2. The Balaban J connectivity index is 2.15. The summed E-state index contributed by atoms with van der Waals surface area (Å²) in [6.07, 6.45) is 2.25. The number of benzene rings is 1. The normalized spacial score (nSPS) is 12.1. The Bertz CT molecular complexity index is 943. The van der Waals surface area contributed by atoms with Gasteiger partial charge in [0.05, 0.1) is 0 Å². The Hall–Kier alpha value is -2.47. The molecule has 0 aliphatic rings. The second kappa shape index (κ2) is 8.91. The van der Waals surface area contributed by atoms with Gasteiger partial charge in [0.25, 0.3) is 0 Å². The van der Waals surface area contributed by atoms with Crippen LogP contribution in [0.15, 0.2) is 30.3 Å². The van der Waals surface area contributed by atoms with Gasteiger partial charge in [0.1, 0.15) is 11.6 Å². The first kappa shape index (κ1) is 21.2. The van der Waals surface area contributed by atoms with Crippen molar-refractivity contribution in [1.82, 2.24) is 24.4 Å². The highest BCUT2D eigenvalue weighted by Crippen LogP contribution is 2.31. The topological polar surface area (TPSA) is 58.9 Å². The maximum absolute atomic E-state index is 5.03. The van der Waals surface area contributed by atoms with Gasteiger partial charge >= 0.3 is 0 Å². The van der Waals surface area contributed by atoms with Crippen molar-refractivity contribution in [2.24, 2.45) is 5.41 Å². The molecule has 0 spiro atoms. The van der Waals surface area contributed by atoms with Crippen molar-refractivity contribution in [3.05, 3.63) is 36.2 Å². The van der Waals surface area contributed by atoms with E-state index in [2.05, 4.69) is 78.9 Å². The standard InChI is InChI=1S/C23H34N6/c1-7-8-14-24-20-19-22(26-17(2)25-20)29(16-23(3,4)15-28(5)6)21(27-19)18-12-10-9-11-13-18/h9-13H,7-8,14-16H2,1-6H3,(H,24,25,26). The zero-order valence-electron chi connectivity index (χ0n) is 18.7. The number of unbranched alkanes of at least 4 members (excludes halogenated alkanes) is 1. The van der Waals surface area contributed by atoms with Crippen molar-refractivity contribution < 1.29 is 0 Å². The smallest absolute Gasteiger partial charge is 0.166 e.